The lowest BCUT2D eigenvalue weighted by Crippen LogP contribution is -2.30. The number of allylic oxidation sites excluding steroid dienone is 4. The van der Waals surface area contributed by atoms with Crippen molar-refractivity contribution in [1.29, 1.82) is 0 Å². The molecule has 0 fully saturated rings. The van der Waals surface area contributed by atoms with Crippen LogP contribution in [0.1, 0.15) is 0 Å². The molecule has 30 heavy (non-hydrogen) atoms. The van der Waals surface area contributed by atoms with Gasteiger partial charge in [-0.2, -0.15) is 0 Å². The summed E-state index contributed by atoms with van der Waals surface area (Å²) in [6, 6.07) is 5.47. The van der Waals surface area contributed by atoms with E-state index in [9.17, 15) is 24.5 Å². The van der Waals surface area contributed by atoms with E-state index < -0.39 is 24.3 Å². The number of hydrogen-bond donors (Lipinski definition) is 3. The zero-order valence-electron chi connectivity index (χ0n) is 16.5. The quantitative estimate of drug-likeness (QED) is 0.280. The number of methoxy groups -OCH3 is 1. The molecule has 3 N–H and O–H groups in total. The van der Waals surface area contributed by atoms with E-state index in [-0.39, 0.29) is 25.6 Å². The van der Waals surface area contributed by atoms with Gasteiger partial charge in [0.05, 0.1) is 13.7 Å². The third kappa shape index (κ3) is 11.8. The molecule has 0 aliphatic carbocycles. The standard InChI is InChI=1S/C22H25FO7/c1-28-22(27)16-29-15-21(26)20(25)9-7-5-3-2-4-6-8-18(24)14-30-19-12-10-17(23)11-13-19/h3,5-13,18,20-21,24-26H,14-16H2,1H3. The number of ether oxygens (including phenoxy) is 3. The second-order valence-electron chi connectivity index (χ2n) is 5.87. The molecule has 3 atom stereocenters. The SMILES string of the molecule is COC(=O)COCC(O)C(O)C=CC=CC#CC=CC(O)COc1ccc(F)cc1. The van der Waals surface area contributed by atoms with Crippen LogP contribution in [0.25, 0.3) is 0 Å². The highest BCUT2D eigenvalue weighted by Gasteiger charge is 2.13. The van der Waals surface area contributed by atoms with E-state index >= 15 is 0 Å². The number of aliphatic hydroxyl groups is 3. The van der Waals surface area contributed by atoms with Crippen LogP contribution < -0.4 is 4.74 Å². The van der Waals surface area contributed by atoms with Gasteiger partial charge in [0.15, 0.2) is 0 Å². The van der Waals surface area contributed by atoms with Crippen molar-refractivity contribution < 1.29 is 38.7 Å². The van der Waals surface area contributed by atoms with Gasteiger partial charge < -0.3 is 29.5 Å². The van der Waals surface area contributed by atoms with Crippen LogP contribution in [0.4, 0.5) is 4.39 Å². The average Bonchev–Trinajstić information content (AvgIpc) is 2.74. The van der Waals surface area contributed by atoms with Crippen LogP contribution in [0, 0.1) is 17.7 Å². The van der Waals surface area contributed by atoms with Gasteiger partial charge in [0, 0.05) is 0 Å². The van der Waals surface area contributed by atoms with Gasteiger partial charge in [-0.05, 0) is 42.5 Å². The van der Waals surface area contributed by atoms with Crippen molar-refractivity contribution in [2.24, 2.45) is 0 Å². The molecule has 0 aliphatic rings. The lowest BCUT2D eigenvalue weighted by atomic mass is 10.2. The van der Waals surface area contributed by atoms with Crippen LogP contribution in [0.5, 0.6) is 5.75 Å². The van der Waals surface area contributed by atoms with Crippen LogP contribution in [-0.4, -0.2) is 66.5 Å². The van der Waals surface area contributed by atoms with E-state index in [2.05, 4.69) is 16.6 Å². The molecule has 0 aromatic heterocycles. The summed E-state index contributed by atoms with van der Waals surface area (Å²) in [5, 5.41) is 29.1. The summed E-state index contributed by atoms with van der Waals surface area (Å²) >= 11 is 0. The molecular weight excluding hydrogens is 395 g/mol. The fraction of sp³-hybridized carbons (Fsp3) is 0.318. The Morgan fingerprint density at radius 1 is 1.07 bits per heavy atom. The Bertz CT molecular complexity index is 775. The van der Waals surface area contributed by atoms with Crippen LogP contribution >= 0.6 is 0 Å². The largest absolute Gasteiger partial charge is 0.491 e. The highest BCUT2D eigenvalue weighted by atomic mass is 19.1. The van der Waals surface area contributed by atoms with Crippen molar-refractivity contribution in [3.05, 3.63) is 66.5 Å². The van der Waals surface area contributed by atoms with Crippen LogP contribution in [0.3, 0.4) is 0 Å². The Kier molecular flexibility index (Phi) is 12.5. The summed E-state index contributed by atoms with van der Waals surface area (Å²) in [5.41, 5.74) is 0. The van der Waals surface area contributed by atoms with E-state index in [1.165, 1.54) is 61.8 Å². The lowest BCUT2D eigenvalue weighted by molar-refractivity contribution is -0.147. The smallest absolute Gasteiger partial charge is 0.331 e. The van der Waals surface area contributed by atoms with Gasteiger partial charge in [-0.1, -0.05) is 30.1 Å². The van der Waals surface area contributed by atoms with E-state index in [4.69, 9.17) is 9.47 Å². The zero-order valence-corrected chi connectivity index (χ0v) is 16.5. The second kappa shape index (κ2) is 15.0. The van der Waals surface area contributed by atoms with E-state index in [1.807, 2.05) is 0 Å². The van der Waals surface area contributed by atoms with E-state index in [1.54, 1.807) is 6.08 Å². The second-order valence-corrected chi connectivity index (χ2v) is 5.87. The Labute approximate surface area is 174 Å². The van der Waals surface area contributed by atoms with Gasteiger partial charge in [-0.15, -0.1) is 0 Å². The first-order chi connectivity index (χ1) is 14.4. The van der Waals surface area contributed by atoms with Crippen LogP contribution in [-0.2, 0) is 14.3 Å². The first-order valence-electron chi connectivity index (χ1n) is 9.00. The van der Waals surface area contributed by atoms with Crippen molar-refractivity contribution in [2.75, 3.05) is 26.9 Å². The third-order valence-corrected chi connectivity index (χ3v) is 3.45. The van der Waals surface area contributed by atoms with Crippen molar-refractivity contribution in [1.82, 2.24) is 0 Å². The molecule has 1 rings (SSSR count). The number of halogens is 1. The van der Waals surface area contributed by atoms with Crippen LogP contribution in [0.15, 0.2) is 60.7 Å². The zero-order chi connectivity index (χ0) is 22.2. The normalized spacial score (nSPS) is 14.4. The van der Waals surface area contributed by atoms with Gasteiger partial charge in [-0.3, -0.25) is 0 Å². The first-order valence-corrected chi connectivity index (χ1v) is 9.00. The van der Waals surface area contributed by atoms with Crippen LogP contribution in [0.2, 0.25) is 0 Å². The maximum absolute atomic E-state index is 12.8. The molecule has 0 aliphatic heterocycles. The fourth-order valence-corrected chi connectivity index (χ4v) is 1.85. The Balaban J connectivity index is 2.26. The Morgan fingerprint density at radius 3 is 2.47 bits per heavy atom. The average molecular weight is 420 g/mol. The molecule has 0 bridgehead atoms. The molecular formula is C22H25FO7. The molecule has 0 saturated carbocycles. The number of hydrogen-bond acceptors (Lipinski definition) is 7. The monoisotopic (exact) mass is 420 g/mol. The van der Waals surface area contributed by atoms with Gasteiger partial charge in [0.2, 0.25) is 0 Å². The minimum Gasteiger partial charge on any atom is -0.491 e. The summed E-state index contributed by atoms with van der Waals surface area (Å²) in [5.74, 6) is 4.89. The molecule has 8 heteroatoms. The molecule has 162 valence electrons. The van der Waals surface area contributed by atoms with Gasteiger partial charge >= 0.3 is 5.97 Å². The topological polar surface area (TPSA) is 105 Å². The summed E-state index contributed by atoms with van der Waals surface area (Å²) < 4.78 is 27.4. The predicted molar refractivity (Wildman–Crippen MR) is 108 cm³/mol. The van der Waals surface area contributed by atoms with E-state index in [0.29, 0.717) is 5.75 Å². The molecule has 0 radical (unpaired) electrons. The molecule has 3 unspecified atom stereocenters. The van der Waals surface area contributed by atoms with Gasteiger partial charge in [0.25, 0.3) is 0 Å². The number of aliphatic hydroxyl groups excluding tert-OH is 3. The highest BCUT2D eigenvalue weighted by molar-refractivity contribution is 5.70. The summed E-state index contributed by atoms with van der Waals surface area (Å²) in [4.78, 5) is 10.9. The summed E-state index contributed by atoms with van der Waals surface area (Å²) in [6.07, 6.45) is 5.59. The highest BCUT2D eigenvalue weighted by Crippen LogP contribution is 2.11. The number of esters is 1. The minimum atomic E-state index is -1.19. The molecule has 0 amide bonds. The molecule has 0 saturated heterocycles. The number of carbonyl (C=O) groups excluding carboxylic acids is 1. The predicted octanol–water partition coefficient (Wildman–Crippen LogP) is 1.15. The number of rotatable bonds is 11. The lowest BCUT2D eigenvalue weighted by Gasteiger charge is -2.13. The third-order valence-electron chi connectivity index (χ3n) is 3.45. The molecule has 1 aromatic carbocycles. The molecule has 0 heterocycles. The van der Waals surface area contributed by atoms with Crippen molar-refractivity contribution >= 4 is 5.97 Å². The molecule has 0 spiro atoms. The van der Waals surface area contributed by atoms with Crippen molar-refractivity contribution in [3.8, 4) is 17.6 Å². The first kappa shape index (κ1) is 25.1. The fourth-order valence-electron chi connectivity index (χ4n) is 1.85. The van der Waals surface area contributed by atoms with E-state index in [0.717, 1.165) is 0 Å². The molecule has 1 aromatic rings. The summed E-state index contributed by atoms with van der Waals surface area (Å²) in [6.45, 7) is -0.520. The van der Waals surface area contributed by atoms with Crippen molar-refractivity contribution in [3.63, 3.8) is 0 Å². The van der Waals surface area contributed by atoms with Crippen molar-refractivity contribution in [2.45, 2.75) is 18.3 Å². The summed E-state index contributed by atoms with van der Waals surface area (Å²) in [7, 11) is 1.22. The number of benzene rings is 1. The molecule has 7 nitrogen and oxygen atoms in total. The van der Waals surface area contributed by atoms with Gasteiger partial charge in [0.1, 0.15) is 43.1 Å². The Morgan fingerprint density at radius 2 is 1.77 bits per heavy atom. The number of carbonyl (C=O) groups is 1. The minimum absolute atomic E-state index is 0.00590. The Hall–Kier alpha value is -2.96. The maximum Gasteiger partial charge on any atom is 0.331 e. The van der Waals surface area contributed by atoms with Gasteiger partial charge in [-0.25, -0.2) is 9.18 Å². The maximum atomic E-state index is 12.8.